The van der Waals surface area contributed by atoms with Crippen LogP contribution in [0.4, 0.5) is 4.39 Å². The maximum atomic E-state index is 15.7. The second kappa shape index (κ2) is 14.4. The van der Waals surface area contributed by atoms with E-state index in [1.807, 2.05) is 74.7 Å². The Balaban J connectivity index is 1.66. The van der Waals surface area contributed by atoms with Crippen LogP contribution >= 0.6 is 0 Å². The summed E-state index contributed by atoms with van der Waals surface area (Å²) in [6, 6.07) is 22.0. The van der Waals surface area contributed by atoms with E-state index < -0.39 is 13.9 Å². The summed E-state index contributed by atoms with van der Waals surface area (Å²) in [6.45, 7) is 19.9. The summed E-state index contributed by atoms with van der Waals surface area (Å²) in [5.41, 5.74) is 3.53. The molecule has 1 heterocycles. The van der Waals surface area contributed by atoms with Crippen molar-refractivity contribution in [2.24, 2.45) is 0 Å². The van der Waals surface area contributed by atoms with Crippen LogP contribution in [0.25, 0.3) is 22.3 Å². The lowest BCUT2D eigenvalue weighted by Crippen LogP contribution is -2.46. The van der Waals surface area contributed by atoms with Gasteiger partial charge in [0, 0.05) is 17.7 Å². The van der Waals surface area contributed by atoms with Gasteiger partial charge in [0.15, 0.2) is 8.32 Å². The first-order valence-electron chi connectivity index (χ1n) is 16.4. The van der Waals surface area contributed by atoms with Gasteiger partial charge in [0.2, 0.25) is 0 Å². The van der Waals surface area contributed by atoms with Gasteiger partial charge in [0.1, 0.15) is 23.0 Å². The molecule has 8 heteroatoms. The highest BCUT2D eigenvalue weighted by atomic mass is 28.4. The first kappa shape index (κ1) is 35.8. The summed E-state index contributed by atoms with van der Waals surface area (Å²) in [5, 5.41) is 9.63. The lowest BCUT2D eigenvalue weighted by atomic mass is 9.98. The zero-order valence-corrected chi connectivity index (χ0v) is 30.3. The van der Waals surface area contributed by atoms with Gasteiger partial charge in [0.25, 0.3) is 5.56 Å². The zero-order chi connectivity index (χ0) is 34.6. The molecular formula is C39H48FN3O3Si. The Morgan fingerprint density at radius 2 is 1.62 bits per heavy atom. The average molecular weight is 654 g/mol. The van der Waals surface area contributed by atoms with Crippen LogP contribution < -0.4 is 10.3 Å². The number of halogens is 1. The van der Waals surface area contributed by atoms with Crippen molar-refractivity contribution in [2.75, 3.05) is 6.61 Å². The fraction of sp³-hybridized carbons (Fsp3) is 0.410. The molecule has 0 aliphatic rings. The van der Waals surface area contributed by atoms with Crippen LogP contribution in [-0.2, 0) is 23.8 Å². The van der Waals surface area contributed by atoms with Crippen LogP contribution in [0.5, 0.6) is 5.75 Å². The predicted molar refractivity (Wildman–Crippen MR) is 191 cm³/mol. The third kappa shape index (κ3) is 8.27. The molecule has 0 atom stereocenters. The fourth-order valence-corrected chi connectivity index (χ4v) is 6.50. The Kier molecular flexibility index (Phi) is 10.9. The molecule has 0 saturated heterocycles. The highest BCUT2D eigenvalue weighted by molar-refractivity contribution is 6.74. The van der Waals surface area contributed by atoms with E-state index in [4.69, 9.17) is 9.16 Å². The smallest absolute Gasteiger partial charge is 0.281 e. The standard InChI is InChI=1S/C39H48FN3O3Si/c1-10-14-35-42-37(44)36(27-19-21-31(22-20-27)46-39(6,7)26-45-47(8,9)38(3,4)5)34(11-2)43(35)25-30-18-17-28(23-33(30)40)32-16-13-12-15-29(32)24-41/h12-13,15-23H,10-11,14,25-26H2,1-9H3. The lowest BCUT2D eigenvalue weighted by Gasteiger charge is -2.39. The highest BCUT2D eigenvalue weighted by Gasteiger charge is 2.39. The van der Waals surface area contributed by atoms with Crippen molar-refractivity contribution in [1.29, 1.82) is 5.26 Å². The minimum absolute atomic E-state index is 0.106. The van der Waals surface area contributed by atoms with Crippen LogP contribution in [0.15, 0.2) is 71.5 Å². The van der Waals surface area contributed by atoms with Gasteiger partial charge in [-0.3, -0.25) is 4.79 Å². The van der Waals surface area contributed by atoms with Gasteiger partial charge in [-0.05, 0) is 85.8 Å². The Labute approximate surface area is 280 Å². The van der Waals surface area contributed by atoms with Gasteiger partial charge in [-0.15, -0.1) is 0 Å². The van der Waals surface area contributed by atoms with E-state index >= 15 is 4.39 Å². The molecule has 0 aliphatic carbocycles. The number of nitriles is 1. The summed E-state index contributed by atoms with van der Waals surface area (Å²) < 4.78 is 30.4. The summed E-state index contributed by atoms with van der Waals surface area (Å²) in [4.78, 5) is 18.0. The Morgan fingerprint density at radius 3 is 2.21 bits per heavy atom. The first-order chi connectivity index (χ1) is 22.1. The van der Waals surface area contributed by atoms with Crippen LogP contribution in [0.3, 0.4) is 0 Å². The maximum Gasteiger partial charge on any atom is 0.281 e. The molecule has 3 aromatic carbocycles. The van der Waals surface area contributed by atoms with Crippen LogP contribution in [-0.4, -0.2) is 30.1 Å². The van der Waals surface area contributed by atoms with Crippen molar-refractivity contribution in [3.05, 3.63) is 106 Å². The van der Waals surface area contributed by atoms with Crippen molar-refractivity contribution in [3.63, 3.8) is 0 Å². The number of benzene rings is 3. The number of aryl methyl sites for hydroxylation is 1. The maximum absolute atomic E-state index is 15.7. The molecule has 1 aromatic heterocycles. The van der Waals surface area contributed by atoms with Crippen LogP contribution in [0.1, 0.15) is 77.5 Å². The number of hydrogen-bond donors (Lipinski definition) is 0. The van der Waals surface area contributed by atoms with Crippen molar-refractivity contribution in [1.82, 2.24) is 9.55 Å². The summed E-state index contributed by atoms with van der Waals surface area (Å²) in [6.07, 6.45) is 1.95. The van der Waals surface area contributed by atoms with Crippen molar-refractivity contribution in [3.8, 4) is 34.1 Å². The molecule has 0 aliphatic heterocycles. The van der Waals surface area contributed by atoms with Gasteiger partial charge in [-0.1, -0.05) is 77.1 Å². The van der Waals surface area contributed by atoms with E-state index in [2.05, 4.69) is 44.9 Å². The molecule has 0 N–H and O–H groups in total. The van der Waals surface area contributed by atoms with Gasteiger partial charge in [0.05, 0.1) is 30.3 Å². The Hall–Kier alpha value is -4.06. The molecule has 0 unspecified atom stereocenters. The minimum atomic E-state index is -1.93. The van der Waals surface area contributed by atoms with Crippen LogP contribution in [0, 0.1) is 17.1 Å². The Bertz CT molecular complexity index is 1820. The molecule has 0 saturated carbocycles. The fourth-order valence-electron chi connectivity index (χ4n) is 5.36. The summed E-state index contributed by atoms with van der Waals surface area (Å²) >= 11 is 0. The van der Waals surface area contributed by atoms with Gasteiger partial charge in [-0.2, -0.15) is 10.2 Å². The largest absolute Gasteiger partial charge is 0.486 e. The summed E-state index contributed by atoms with van der Waals surface area (Å²) in [7, 11) is -1.93. The monoisotopic (exact) mass is 653 g/mol. The minimum Gasteiger partial charge on any atom is -0.486 e. The number of aromatic nitrogens is 2. The molecule has 0 fully saturated rings. The molecule has 0 amide bonds. The highest BCUT2D eigenvalue weighted by Crippen LogP contribution is 2.37. The molecule has 6 nitrogen and oxygen atoms in total. The van der Waals surface area contributed by atoms with Gasteiger partial charge in [-0.25, -0.2) is 4.39 Å². The molecular weight excluding hydrogens is 606 g/mol. The van der Waals surface area contributed by atoms with Crippen LogP contribution in [0.2, 0.25) is 18.1 Å². The molecule has 0 spiro atoms. The second-order valence-corrected chi connectivity index (χ2v) is 19.1. The third-order valence-electron chi connectivity index (χ3n) is 9.04. The predicted octanol–water partition coefficient (Wildman–Crippen LogP) is 9.33. The molecule has 4 aromatic rings. The second-order valence-electron chi connectivity index (χ2n) is 14.2. The molecule has 0 radical (unpaired) electrons. The number of rotatable bonds is 12. The van der Waals surface area contributed by atoms with Crippen molar-refractivity contribution >= 4 is 8.32 Å². The lowest BCUT2D eigenvalue weighted by molar-refractivity contribution is 0.0462. The van der Waals surface area contributed by atoms with E-state index in [1.54, 1.807) is 18.2 Å². The summed E-state index contributed by atoms with van der Waals surface area (Å²) in [5.74, 6) is 0.952. The molecule has 4 rings (SSSR count). The van der Waals surface area contributed by atoms with Crippen molar-refractivity contribution in [2.45, 2.75) is 98.0 Å². The SMILES string of the molecule is CCCc1nc(=O)c(-c2ccc(OC(C)(C)CO[Si](C)(C)C(C)(C)C)cc2)c(CC)n1Cc1ccc(-c2ccccc2C#N)cc1F. The van der Waals surface area contributed by atoms with Crippen molar-refractivity contribution < 1.29 is 13.6 Å². The van der Waals surface area contributed by atoms with E-state index in [9.17, 15) is 10.1 Å². The first-order valence-corrected chi connectivity index (χ1v) is 19.4. The quantitative estimate of drug-likeness (QED) is 0.142. The third-order valence-corrected chi connectivity index (χ3v) is 13.5. The van der Waals surface area contributed by atoms with Gasteiger partial charge >= 0.3 is 0 Å². The van der Waals surface area contributed by atoms with E-state index in [-0.39, 0.29) is 23.0 Å². The topological polar surface area (TPSA) is 77.1 Å². The van der Waals surface area contributed by atoms with E-state index in [0.717, 1.165) is 17.7 Å². The number of nitrogens with zero attached hydrogens (tertiary/aromatic N) is 3. The Morgan fingerprint density at radius 1 is 0.957 bits per heavy atom. The zero-order valence-electron chi connectivity index (χ0n) is 29.3. The normalized spacial score (nSPS) is 12.2. The number of hydrogen-bond acceptors (Lipinski definition) is 5. The number of ether oxygens (including phenoxy) is 1. The average Bonchev–Trinajstić information content (AvgIpc) is 3.02. The molecule has 0 bridgehead atoms. The molecule has 248 valence electrons. The van der Waals surface area contributed by atoms with Gasteiger partial charge < -0.3 is 13.7 Å². The van der Waals surface area contributed by atoms with E-state index in [1.165, 1.54) is 6.07 Å². The van der Waals surface area contributed by atoms with E-state index in [0.29, 0.717) is 58.8 Å². The molecule has 47 heavy (non-hydrogen) atoms.